The van der Waals surface area contributed by atoms with Crippen molar-refractivity contribution in [3.8, 4) is 5.75 Å². The van der Waals surface area contributed by atoms with Crippen LogP contribution in [-0.4, -0.2) is 29.7 Å². The van der Waals surface area contributed by atoms with E-state index in [0.29, 0.717) is 0 Å². The molecule has 1 aromatic rings. The monoisotopic (exact) mass is 350 g/mol. The third-order valence-corrected chi connectivity index (χ3v) is 2.34. The van der Waals surface area contributed by atoms with Gasteiger partial charge in [-0.15, -0.1) is 0 Å². The molecule has 0 aliphatic rings. The summed E-state index contributed by atoms with van der Waals surface area (Å²) >= 11 is 0. The zero-order valence-electron chi connectivity index (χ0n) is 16.3. The lowest BCUT2D eigenvalue weighted by Gasteiger charge is -2.22. The Hall–Kier alpha value is -2.30. The standard InChI is InChI=1S/C12H20O4.C8H10O/c1-8(9(13)15-11(2,3)4)10(14)16-12(5,6)7;1-2-9-8-6-4-3-5-7-8/h1H2,2-7H3;3-7H,2H2,1H3. The maximum Gasteiger partial charge on any atom is 0.345 e. The summed E-state index contributed by atoms with van der Waals surface area (Å²) in [7, 11) is 0. The highest BCUT2D eigenvalue weighted by molar-refractivity contribution is 6.13. The molecule has 0 fully saturated rings. The van der Waals surface area contributed by atoms with Crippen LogP contribution in [0.5, 0.6) is 5.75 Å². The Morgan fingerprint density at radius 1 is 0.880 bits per heavy atom. The van der Waals surface area contributed by atoms with Gasteiger partial charge in [0.15, 0.2) is 0 Å². The first-order chi connectivity index (χ1) is 11.4. The van der Waals surface area contributed by atoms with E-state index < -0.39 is 23.1 Å². The summed E-state index contributed by atoms with van der Waals surface area (Å²) in [6, 6.07) is 9.80. The Morgan fingerprint density at radius 3 is 1.60 bits per heavy atom. The SMILES string of the molecule is C=C(C(=O)OC(C)(C)C)C(=O)OC(C)(C)C.CCOc1ccccc1. The largest absolute Gasteiger partial charge is 0.494 e. The molecule has 0 saturated heterocycles. The Morgan fingerprint density at radius 2 is 1.28 bits per heavy atom. The second-order valence-electron chi connectivity index (χ2n) is 7.23. The molecule has 5 heteroatoms. The fourth-order valence-corrected chi connectivity index (χ4v) is 1.45. The highest BCUT2D eigenvalue weighted by Crippen LogP contribution is 2.14. The van der Waals surface area contributed by atoms with Crippen LogP contribution in [0.2, 0.25) is 0 Å². The summed E-state index contributed by atoms with van der Waals surface area (Å²) in [6.07, 6.45) is 0. The number of carbonyl (C=O) groups excluding carboxylic acids is 2. The molecule has 0 amide bonds. The molecule has 0 saturated carbocycles. The molecular formula is C20H30O5. The van der Waals surface area contributed by atoms with Crippen molar-refractivity contribution >= 4 is 11.9 Å². The Bertz CT molecular complexity index is 532. The van der Waals surface area contributed by atoms with E-state index in [1.807, 2.05) is 37.3 Å². The predicted octanol–water partition coefficient (Wildman–Crippen LogP) is 4.31. The predicted molar refractivity (Wildman–Crippen MR) is 98.4 cm³/mol. The van der Waals surface area contributed by atoms with E-state index >= 15 is 0 Å². The smallest absolute Gasteiger partial charge is 0.345 e. The van der Waals surface area contributed by atoms with Crippen LogP contribution < -0.4 is 4.74 Å². The minimum Gasteiger partial charge on any atom is -0.494 e. The minimum atomic E-state index is -0.748. The molecular weight excluding hydrogens is 320 g/mol. The molecule has 140 valence electrons. The molecule has 0 atom stereocenters. The van der Waals surface area contributed by atoms with E-state index in [0.717, 1.165) is 12.4 Å². The highest BCUT2D eigenvalue weighted by atomic mass is 16.6. The number of hydrogen-bond acceptors (Lipinski definition) is 5. The topological polar surface area (TPSA) is 61.8 Å². The lowest BCUT2D eigenvalue weighted by atomic mass is 10.1. The Labute approximate surface area is 151 Å². The minimum absolute atomic E-state index is 0.287. The summed E-state index contributed by atoms with van der Waals surface area (Å²) in [5, 5.41) is 0. The van der Waals surface area contributed by atoms with Gasteiger partial charge in [0.1, 0.15) is 22.5 Å². The van der Waals surface area contributed by atoms with Gasteiger partial charge in [0, 0.05) is 0 Å². The van der Waals surface area contributed by atoms with Crippen LogP contribution in [0.1, 0.15) is 48.5 Å². The van der Waals surface area contributed by atoms with Crippen LogP contribution in [0, 0.1) is 0 Å². The van der Waals surface area contributed by atoms with Crippen molar-refractivity contribution in [1.82, 2.24) is 0 Å². The van der Waals surface area contributed by atoms with Gasteiger partial charge < -0.3 is 14.2 Å². The summed E-state index contributed by atoms with van der Waals surface area (Å²) in [4.78, 5) is 22.9. The normalized spacial score (nSPS) is 10.8. The van der Waals surface area contributed by atoms with Crippen LogP contribution in [0.4, 0.5) is 0 Å². The summed E-state index contributed by atoms with van der Waals surface area (Å²) in [5.74, 6) is -0.552. The van der Waals surface area contributed by atoms with Gasteiger partial charge in [0.05, 0.1) is 6.61 Å². The molecule has 0 spiro atoms. The Kier molecular flexibility index (Phi) is 8.96. The summed E-state index contributed by atoms with van der Waals surface area (Å²) in [5.41, 5.74) is -1.59. The number of hydrogen-bond donors (Lipinski definition) is 0. The quantitative estimate of drug-likeness (QED) is 0.350. The molecule has 0 radical (unpaired) electrons. The molecule has 0 unspecified atom stereocenters. The number of esters is 2. The second-order valence-corrected chi connectivity index (χ2v) is 7.23. The second kappa shape index (κ2) is 9.87. The van der Waals surface area contributed by atoms with Gasteiger partial charge in [0.25, 0.3) is 0 Å². The molecule has 1 aromatic carbocycles. The van der Waals surface area contributed by atoms with Crippen molar-refractivity contribution in [2.24, 2.45) is 0 Å². The van der Waals surface area contributed by atoms with Gasteiger partial charge >= 0.3 is 11.9 Å². The first-order valence-electron chi connectivity index (χ1n) is 8.19. The molecule has 0 heterocycles. The molecule has 5 nitrogen and oxygen atoms in total. The fraction of sp³-hybridized carbons (Fsp3) is 0.500. The molecule has 0 aliphatic carbocycles. The van der Waals surface area contributed by atoms with E-state index in [9.17, 15) is 9.59 Å². The van der Waals surface area contributed by atoms with Gasteiger partial charge in [-0.05, 0) is 60.6 Å². The average Bonchev–Trinajstić information content (AvgIpc) is 2.45. The third kappa shape index (κ3) is 11.8. The number of rotatable bonds is 4. The maximum absolute atomic E-state index is 11.5. The van der Waals surface area contributed by atoms with Gasteiger partial charge in [-0.25, -0.2) is 9.59 Å². The maximum atomic E-state index is 11.5. The molecule has 0 aliphatic heterocycles. The van der Waals surface area contributed by atoms with E-state index in [-0.39, 0.29) is 5.57 Å². The third-order valence-electron chi connectivity index (χ3n) is 2.34. The van der Waals surface area contributed by atoms with Crippen molar-refractivity contribution in [3.05, 3.63) is 42.5 Å². The van der Waals surface area contributed by atoms with Crippen molar-refractivity contribution in [2.75, 3.05) is 6.61 Å². The van der Waals surface area contributed by atoms with Crippen molar-refractivity contribution < 1.29 is 23.8 Å². The van der Waals surface area contributed by atoms with E-state index in [4.69, 9.17) is 14.2 Å². The van der Waals surface area contributed by atoms with Crippen LogP contribution in [-0.2, 0) is 19.1 Å². The molecule has 25 heavy (non-hydrogen) atoms. The molecule has 0 bridgehead atoms. The zero-order chi connectivity index (χ0) is 19.7. The molecule has 1 rings (SSSR count). The first-order valence-corrected chi connectivity index (χ1v) is 8.19. The van der Waals surface area contributed by atoms with Crippen molar-refractivity contribution in [2.45, 2.75) is 59.7 Å². The highest BCUT2D eigenvalue weighted by Gasteiger charge is 2.27. The van der Waals surface area contributed by atoms with Gasteiger partial charge in [-0.1, -0.05) is 24.8 Å². The molecule has 0 N–H and O–H groups in total. The van der Waals surface area contributed by atoms with Crippen molar-refractivity contribution in [1.29, 1.82) is 0 Å². The lowest BCUT2D eigenvalue weighted by Crippen LogP contribution is -2.30. The van der Waals surface area contributed by atoms with E-state index in [1.165, 1.54) is 0 Å². The van der Waals surface area contributed by atoms with Crippen LogP contribution in [0.25, 0.3) is 0 Å². The summed E-state index contributed by atoms with van der Waals surface area (Å²) < 4.78 is 15.2. The van der Waals surface area contributed by atoms with Gasteiger partial charge in [-0.2, -0.15) is 0 Å². The number of benzene rings is 1. The van der Waals surface area contributed by atoms with Crippen LogP contribution >= 0.6 is 0 Å². The average molecular weight is 350 g/mol. The Balaban J connectivity index is 0.000000535. The molecule has 0 aromatic heterocycles. The van der Waals surface area contributed by atoms with E-state index in [1.54, 1.807) is 41.5 Å². The van der Waals surface area contributed by atoms with Gasteiger partial charge in [-0.3, -0.25) is 0 Å². The summed E-state index contributed by atoms with van der Waals surface area (Å²) in [6.45, 7) is 16.4. The number of ether oxygens (including phenoxy) is 3. The first kappa shape index (κ1) is 22.7. The number of carbonyl (C=O) groups is 2. The zero-order valence-corrected chi connectivity index (χ0v) is 16.3. The van der Waals surface area contributed by atoms with Crippen LogP contribution in [0.3, 0.4) is 0 Å². The van der Waals surface area contributed by atoms with Crippen molar-refractivity contribution in [3.63, 3.8) is 0 Å². The van der Waals surface area contributed by atoms with E-state index in [2.05, 4.69) is 6.58 Å². The lowest BCUT2D eigenvalue weighted by molar-refractivity contribution is -0.158. The number of para-hydroxylation sites is 1. The van der Waals surface area contributed by atoms with Crippen LogP contribution in [0.15, 0.2) is 42.5 Å². The van der Waals surface area contributed by atoms with Gasteiger partial charge in [0.2, 0.25) is 0 Å². The fourth-order valence-electron chi connectivity index (χ4n) is 1.45.